The van der Waals surface area contributed by atoms with Gasteiger partial charge in [0.15, 0.2) is 5.13 Å². The van der Waals surface area contributed by atoms with Crippen LogP contribution in [0.5, 0.6) is 0 Å². The Hall–Kier alpha value is -2.38. The molecule has 10 nitrogen and oxygen atoms in total. The highest BCUT2D eigenvalue weighted by atomic mass is 32.2. The number of aromatic amines is 1. The molecule has 2 aliphatic heterocycles. The molecule has 2 aromatic rings. The van der Waals surface area contributed by atoms with Gasteiger partial charge < -0.3 is 11.1 Å². The number of fused-ring (bicyclic) bond motifs is 1. The van der Waals surface area contributed by atoms with Crippen LogP contribution in [0.4, 0.5) is 5.13 Å². The number of β-lactam (4-membered cyclic amide) rings is 1. The quantitative estimate of drug-likeness (QED) is 0.377. The monoisotopic (exact) mass is 423 g/mol. The number of amides is 2. The molecule has 0 aromatic carbocycles. The molecule has 0 aliphatic carbocycles. The molecule has 2 aromatic heterocycles. The molecular formula is C14H13N7O3S3. The first kappa shape index (κ1) is 18.0. The number of nitrogens with zero attached hydrogens (tertiary/aromatic N) is 4. The first-order valence-electron chi connectivity index (χ1n) is 7.72. The zero-order chi connectivity index (χ0) is 19.1. The van der Waals surface area contributed by atoms with Crippen molar-refractivity contribution in [2.45, 2.75) is 17.8 Å². The molecule has 140 valence electrons. The predicted molar refractivity (Wildman–Crippen MR) is 103 cm³/mol. The van der Waals surface area contributed by atoms with E-state index in [1.54, 1.807) is 5.38 Å². The van der Waals surface area contributed by atoms with Crippen molar-refractivity contribution in [3.63, 3.8) is 0 Å². The molecule has 4 rings (SSSR count). The SMILES string of the molecule is Nc1nc(CC(=O)N[C@@H]2C(=O)N3C(C(=O)S)=C(c4cn[nH]n4)CS[C@H]23)cs1. The van der Waals surface area contributed by atoms with Crippen LogP contribution < -0.4 is 11.1 Å². The van der Waals surface area contributed by atoms with Gasteiger partial charge in [-0.05, 0) is 0 Å². The maximum atomic E-state index is 12.6. The number of anilines is 1. The molecule has 0 saturated carbocycles. The minimum Gasteiger partial charge on any atom is -0.375 e. The first-order valence-corrected chi connectivity index (χ1v) is 10.1. The Balaban J connectivity index is 1.51. The van der Waals surface area contributed by atoms with E-state index in [2.05, 4.69) is 38.3 Å². The Morgan fingerprint density at radius 3 is 2.93 bits per heavy atom. The van der Waals surface area contributed by atoms with Crippen LogP contribution >= 0.6 is 35.7 Å². The smallest absolute Gasteiger partial charge is 0.253 e. The van der Waals surface area contributed by atoms with Crippen molar-refractivity contribution >= 4 is 63.4 Å². The van der Waals surface area contributed by atoms with Gasteiger partial charge in [-0.15, -0.1) is 23.1 Å². The van der Waals surface area contributed by atoms with E-state index in [1.807, 2.05) is 0 Å². The topological polar surface area (TPSA) is 147 Å². The van der Waals surface area contributed by atoms with Gasteiger partial charge in [0.1, 0.15) is 22.8 Å². The number of nitrogens with two attached hydrogens (primary N) is 1. The molecule has 1 saturated heterocycles. The van der Waals surface area contributed by atoms with E-state index < -0.39 is 11.2 Å². The summed E-state index contributed by atoms with van der Waals surface area (Å²) in [5.74, 6) is -0.252. The number of carbonyl (C=O) groups excluding carboxylic acids is 3. The Morgan fingerprint density at radius 2 is 2.30 bits per heavy atom. The summed E-state index contributed by atoms with van der Waals surface area (Å²) in [6.07, 6.45) is 1.52. The van der Waals surface area contributed by atoms with Crippen LogP contribution in [0.25, 0.3) is 5.57 Å². The Kier molecular flexibility index (Phi) is 4.65. The van der Waals surface area contributed by atoms with Crippen LogP contribution in [0.15, 0.2) is 17.3 Å². The summed E-state index contributed by atoms with van der Waals surface area (Å²) in [4.78, 5) is 42.3. The molecule has 2 aliphatic rings. The summed E-state index contributed by atoms with van der Waals surface area (Å²) in [6, 6.07) is -0.708. The minimum atomic E-state index is -0.708. The fourth-order valence-electron chi connectivity index (χ4n) is 2.96. The lowest BCUT2D eigenvalue weighted by molar-refractivity contribution is -0.146. The summed E-state index contributed by atoms with van der Waals surface area (Å²) in [5, 5.41) is 14.1. The van der Waals surface area contributed by atoms with Crippen molar-refractivity contribution < 1.29 is 14.4 Å². The lowest BCUT2D eigenvalue weighted by Gasteiger charge is -2.49. The van der Waals surface area contributed by atoms with Gasteiger partial charge >= 0.3 is 0 Å². The van der Waals surface area contributed by atoms with Crippen LogP contribution in [-0.4, -0.2) is 59.4 Å². The van der Waals surface area contributed by atoms with Gasteiger partial charge in [-0.2, -0.15) is 15.4 Å². The highest BCUT2D eigenvalue weighted by molar-refractivity contribution is 8.00. The predicted octanol–water partition coefficient (Wildman–Crippen LogP) is -0.346. The van der Waals surface area contributed by atoms with E-state index in [4.69, 9.17) is 5.73 Å². The van der Waals surface area contributed by atoms with E-state index in [0.29, 0.717) is 27.8 Å². The van der Waals surface area contributed by atoms with E-state index >= 15 is 0 Å². The highest BCUT2D eigenvalue weighted by Crippen LogP contribution is 2.43. The van der Waals surface area contributed by atoms with Gasteiger partial charge in [-0.3, -0.25) is 19.3 Å². The van der Waals surface area contributed by atoms with Gasteiger partial charge in [0.25, 0.3) is 5.91 Å². The standard InChI is InChI=1S/C14H13N7O3S3/c15-14-17-5(3-27-14)1-8(22)18-9-11(23)21-10(13(24)25)6(4-26-12(9)21)7-2-16-20-19-7/h2-3,9,12H,1,4H2,(H2,15,17)(H,18,22)(H,24,25)(H,16,19,20)/t9-,12-/m1/s1. The van der Waals surface area contributed by atoms with Crippen molar-refractivity contribution in [3.8, 4) is 0 Å². The lowest BCUT2D eigenvalue weighted by Crippen LogP contribution is -2.70. The molecule has 2 atom stereocenters. The molecule has 4 heterocycles. The van der Waals surface area contributed by atoms with Gasteiger partial charge in [0.2, 0.25) is 11.0 Å². The van der Waals surface area contributed by atoms with Crippen molar-refractivity contribution in [2.24, 2.45) is 0 Å². The van der Waals surface area contributed by atoms with E-state index in [9.17, 15) is 14.4 Å². The van der Waals surface area contributed by atoms with Crippen LogP contribution in [0.3, 0.4) is 0 Å². The maximum Gasteiger partial charge on any atom is 0.253 e. The van der Waals surface area contributed by atoms with Crippen molar-refractivity contribution in [3.05, 3.63) is 28.7 Å². The normalized spacial score (nSPS) is 21.7. The summed E-state index contributed by atoms with van der Waals surface area (Å²) >= 11 is 6.59. The molecule has 0 radical (unpaired) electrons. The van der Waals surface area contributed by atoms with Gasteiger partial charge in [0, 0.05) is 16.7 Å². The van der Waals surface area contributed by atoms with Crippen LogP contribution in [0, 0.1) is 0 Å². The first-order chi connectivity index (χ1) is 13.0. The molecular weight excluding hydrogens is 410 g/mol. The number of aromatic nitrogens is 4. The molecule has 1 fully saturated rings. The number of H-pyrrole nitrogens is 1. The number of thioether (sulfide) groups is 1. The van der Waals surface area contributed by atoms with Gasteiger partial charge in [-0.1, -0.05) is 12.6 Å². The molecule has 27 heavy (non-hydrogen) atoms. The fraction of sp³-hybridized carbons (Fsp3) is 0.286. The van der Waals surface area contributed by atoms with Crippen molar-refractivity contribution in [2.75, 3.05) is 11.5 Å². The molecule has 0 bridgehead atoms. The average Bonchev–Trinajstić information content (AvgIpc) is 3.30. The van der Waals surface area contributed by atoms with E-state index in [1.165, 1.54) is 34.2 Å². The molecule has 2 amide bonds. The third-order valence-electron chi connectivity index (χ3n) is 4.12. The Morgan fingerprint density at radius 1 is 1.48 bits per heavy atom. The lowest BCUT2D eigenvalue weighted by atomic mass is 10.0. The van der Waals surface area contributed by atoms with Gasteiger partial charge in [0.05, 0.1) is 18.3 Å². The zero-order valence-electron chi connectivity index (χ0n) is 13.6. The Labute approximate surface area is 166 Å². The van der Waals surface area contributed by atoms with Crippen LogP contribution in [0.2, 0.25) is 0 Å². The number of carbonyl (C=O) groups is 3. The highest BCUT2D eigenvalue weighted by Gasteiger charge is 2.53. The van der Waals surface area contributed by atoms with E-state index in [0.717, 1.165) is 0 Å². The average molecular weight is 424 g/mol. The summed E-state index contributed by atoms with van der Waals surface area (Å²) in [6.45, 7) is 0. The number of nitrogen functional groups attached to an aromatic ring is 1. The van der Waals surface area contributed by atoms with Gasteiger partial charge in [-0.25, -0.2) is 4.98 Å². The summed E-state index contributed by atoms with van der Waals surface area (Å²) < 4.78 is 0. The number of rotatable bonds is 5. The number of hydrogen-bond donors (Lipinski definition) is 4. The number of hydrogen-bond acceptors (Lipinski definition) is 9. The largest absolute Gasteiger partial charge is 0.375 e. The minimum absolute atomic E-state index is 0.0350. The Bertz CT molecular complexity index is 955. The second-order valence-electron chi connectivity index (χ2n) is 5.80. The van der Waals surface area contributed by atoms with Crippen LogP contribution in [-0.2, 0) is 20.8 Å². The molecule has 0 unspecified atom stereocenters. The van der Waals surface area contributed by atoms with Crippen molar-refractivity contribution in [1.82, 2.24) is 30.6 Å². The number of nitrogens with one attached hydrogen (secondary N) is 2. The third kappa shape index (κ3) is 3.21. The van der Waals surface area contributed by atoms with Crippen molar-refractivity contribution in [1.29, 1.82) is 0 Å². The molecule has 13 heteroatoms. The summed E-state index contributed by atoms with van der Waals surface area (Å²) in [7, 11) is 0. The second-order valence-corrected chi connectivity index (χ2v) is 8.20. The van der Waals surface area contributed by atoms with Crippen LogP contribution in [0.1, 0.15) is 11.4 Å². The third-order valence-corrected chi connectivity index (χ3v) is 6.34. The second kappa shape index (κ2) is 6.98. The number of thiazole rings is 1. The van der Waals surface area contributed by atoms with E-state index in [-0.39, 0.29) is 29.3 Å². The molecule has 0 spiro atoms. The maximum absolute atomic E-state index is 12.6. The molecule has 4 N–H and O–H groups in total. The fourth-order valence-corrected chi connectivity index (χ4v) is 5.12. The number of thiol groups is 1. The summed E-state index contributed by atoms with van der Waals surface area (Å²) in [5.41, 5.74) is 7.35. The zero-order valence-corrected chi connectivity index (χ0v) is 16.1.